The molecule has 1 aromatic heterocycles. The van der Waals surface area contributed by atoms with Crippen LogP contribution in [0.25, 0.3) is 11.0 Å². The molecule has 1 fully saturated rings. The lowest BCUT2D eigenvalue weighted by molar-refractivity contribution is -0.151. The highest BCUT2D eigenvalue weighted by Gasteiger charge is 2.45. The molecule has 1 saturated carbocycles. The monoisotopic (exact) mass is 379 g/mol. The van der Waals surface area contributed by atoms with Crippen molar-refractivity contribution in [3.05, 3.63) is 60.4 Å². The highest BCUT2D eigenvalue weighted by atomic mass is 16.5. The Balaban J connectivity index is 1.56. The summed E-state index contributed by atoms with van der Waals surface area (Å²) in [6, 6.07) is 16.9. The van der Waals surface area contributed by atoms with Crippen LogP contribution in [0.3, 0.4) is 0 Å². The number of para-hydroxylation sites is 3. The van der Waals surface area contributed by atoms with Gasteiger partial charge in [-0.15, -0.1) is 0 Å². The number of hydrogen-bond donors (Lipinski definition) is 2. The van der Waals surface area contributed by atoms with Crippen molar-refractivity contribution in [2.24, 2.45) is 0 Å². The number of nitrogens with one attached hydrogen (secondary N) is 1. The van der Waals surface area contributed by atoms with Gasteiger partial charge in [-0.05, 0) is 43.5 Å². The average Bonchev–Trinajstić information content (AvgIpc) is 3.01. The van der Waals surface area contributed by atoms with E-state index in [1.807, 2.05) is 54.6 Å². The Morgan fingerprint density at radius 3 is 2.50 bits per heavy atom. The van der Waals surface area contributed by atoms with Crippen molar-refractivity contribution in [1.82, 2.24) is 14.9 Å². The summed E-state index contributed by atoms with van der Waals surface area (Å²) in [5.41, 5.74) is 0.439. The summed E-state index contributed by atoms with van der Waals surface area (Å²) in [4.78, 5) is 28.7. The second-order valence-corrected chi connectivity index (χ2v) is 6.99. The Bertz CT molecular complexity index is 1010. The van der Waals surface area contributed by atoms with Crippen LogP contribution in [-0.2, 0) is 22.7 Å². The van der Waals surface area contributed by atoms with Gasteiger partial charge in [0.2, 0.25) is 5.91 Å². The van der Waals surface area contributed by atoms with Gasteiger partial charge in [-0.1, -0.05) is 30.3 Å². The molecule has 0 unspecified atom stereocenters. The van der Waals surface area contributed by atoms with Crippen LogP contribution in [0.1, 0.15) is 25.1 Å². The first-order chi connectivity index (χ1) is 13.6. The molecule has 1 heterocycles. The van der Waals surface area contributed by atoms with Gasteiger partial charge in [-0.3, -0.25) is 4.79 Å². The molecular weight excluding hydrogens is 358 g/mol. The van der Waals surface area contributed by atoms with E-state index in [0.29, 0.717) is 24.4 Å². The Hall–Kier alpha value is -3.35. The number of benzene rings is 2. The van der Waals surface area contributed by atoms with Crippen molar-refractivity contribution in [3.63, 3.8) is 0 Å². The van der Waals surface area contributed by atoms with E-state index < -0.39 is 11.5 Å². The van der Waals surface area contributed by atoms with Gasteiger partial charge in [-0.2, -0.15) is 0 Å². The molecule has 3 aromatic rings. The predicted molar refractivity (Wildman–Crippen MR) is 103 cm³/mol. The van der Waals surface area contributed by atoms with Crippen LogP contribution in [-0.4, -0.2) is 32.1 Å². The van der Waals surface area contributed by atoms with E-state index in [0.717, 1.165) is 17.5 Å². The third-order valence-corrected chi connectivity index (χ3v) is 5.14. The van der Waals surface area contributed by atoms with E-state index >= 15 is 0 Å². The minimum Gasteiger partial charge on any atom is -0.486 e. The summed E-state index contributed by atoms with van der Waals surface area (Å²) in [6.07, 6.45) is 1.72. The molecule has 0 saturated heterocycles. The fraction of sp³-hybridized carbons (Fsp3) is 0.286. The summed E-state index contributed by atoms with van der Waals surface area (Å²) in [7, 11) is 0. The number of ether oxygens (including phenoxy) is 1. The van der Waals surface area contributed by atoms with E-state index in [1.165, 1.54) is 0 Å². The van der Waals surface area contributed by atoms with Crippen molar-refractivity contribution in [2.45, 2.75) is 38.0 Å². The summed E-state index contributed by atoms with van der Waals surface area (Å²) in [5, 5.41) is 12.1. The number of fused-ring (bicyclic) bond motifs is 1. The third kappa shape index (κ3) is 3.43. The highest BCUT2D eigenvalue weighted by Crippen LogP contribution is 2.32. The van der Waals surface area contributed by atoms with Crippen LogP contribution in [0.2, 0.25) is 0 Å². The Morgan fingerprint density at radius 2 is 1.82 bits per heavy atom. The van der Waals surface area contributed by atoms with Crippen molar-refractivity contribution in [1.29, 1.82) is 0 Å². The summed E-state index contributed by atoms with van der Waals surface area (Å²) >= 11 is 0. The van der Waals surface area contributed by atoms with Crippen LogP contribution in [0, 0.1) is 0 Å². The second-order valence-electron chi connectivity index (χ2n) is 6.99. The molecule has 0 bridgehead atoms. The molecule has 0 atom stereocenters. The summed E-state index contributed by atoms with van der Waals surface area (Å²) < 4.78 is 7.59. The standard InChI is InChI=1S/C21H21N3O4/c25-19(23-21(20(26)27)11-6-12-21)13-24-17-10-5-4-9-16(17)22-18(24)14-28-15-7-2-1-3-8-15/h1-5,7-10H,6,11-14H2,(H,23,25)(H,26,27). The molecule has 0 aliphatic heterocycles. The quantitative estimate of drug-likeness (QED) is 0.658. The fourth-order valence-electron chi connectivity index (χ4n) is 3.45. The molecule has 28 heavy (non-hydrogen) atoms. The van der Waals surface area contributed by atoms with Crippen molar-refractivity contribution < 1.29 is 19.4 Å². The van der Waals surface area contributed by atoms with E-state index in [1.54, 1.807) is 4.57 Å². The molecule has 7 nitrogen and oxygen atoms in total. The number of amides is 1. The maximum atomic E-state index is 12.6. The lowest BCUT2D eigenvalue weighted by Crippen LogP contribution is -2.59. The predicted octanol–water partition coefficient (Wildman–Crippen LogP) is 2.74. The average molecular weight is 379 g/mol. The first-order valence-electron chi connectivity index (χ1n) is 9.24. The second kappa shape index (κ2) is 7.34. The van der Waals surface area contributed by atoms with Gasteiger partial charge in [0.05, 0.1) is 11.0 Å². The van der Waals surface area contributed by atoms with Crippen molar-refractivity contribution in [2.75, 3.05) is 0 Å². The number of hydrogen-bond acceptors (Lipinski definition) is 4. The molecular formula is C21H21N3O4. The number of aromatic nitrogens is 2. The van der Waals surface area contributed by atoms with Gasteiger partial charge >= 0.3 is 5.97 Å². The Labute approximate surface area is 162 Å². The first kappa shape index (κ1) is 18.0. The van der Waals surface area contributed by atoms with Crippen LogP contribution >= 0.6 is 0 Å². The van der Waals surface area contributed by atoms with Crippen molar-refractivity contribution in [3.8, 4) is 5.75 Å². The number of aliphatic carboxylic acids is 1. The van der Waals surface area contributed by atoms with Crippen molar-refractivity contribution >= 4 is 22.9 Å². The number of imidazole rings is 1. The first-order valence-corrected chi connectivity index (χ1v) is 9.24. The van der Waals surface area contributed by atoms with E-state index in [-0.39, 0.29) is 19.1 Å². The zero-order valence-electron chi connectivity index (χ0n) is 15.3. The smallest absolute Gasteiger partial charge is 0.329 e. The number of carbonyl (C=O) groups is 2. The highest BCUT2D eigenvalue weighted by molar-refractivity contribution is 5.88. The molecule has 1 aliphatic carbocycles. The lowest BCUT2D eigenvalue weighted by atomic mass is 9.77. The van der Waals surface area contributed by atoms with Gasteiger partial charge in [0.25, 0.3) is 0 Å². The van der Waals surface area contributed by atoms with Crippen LogP contribution in [0.15, 0.2) is 54.6 Å². The molecule has 7 heteroatoms. The minimum absolute atomic E-state index is 0.0109. The molecule has 4 rings (SSSR count). The van der Waals surface area contributed by atoms with Gasteiger partial charge in [0.1, 0.15) is 30.3 Å². The van der Waals surface area contributed by atoms with Crippen LogP contribution < -0.4 is 10.1 Å². The number of carboxylic acid groups (broad SMARTS) is 1. The topological polar surface area (TPSA) is 93.5 Å². The Kier molecular flexibility index (Phi) is 4.73. The molecule has 2 N–H and O–H groups in total. The molecule has 0 radical (unpaired) electrons. The lowest BCUT2D eigenvalue weighted by Gasteiger charge is -2.38. The zero-order valence-corrected chi connectivity index (χ0v) is 15.3. The number of carbonyl (C=O) groups excluding carboxylic acids is 1. The fourth-order valence-corrected chi connectivity index (χ4v) is 3.45. The molecule has 2 aromatic carbocycles. The molecule has 1 amide bonds. The molecule has 1 aliphatic rings. The molecule has 144 valence electrons. The van der Waals surface area contributed by atoms with Gasteiger partial charge in [-0.25, -0.2) is 9.78 Å². The zero-order chi connectivity index (χ0) is 19.6. The third-order valence-electron chi connectivity index (χ3n) is 5.14. The van der Waals surface area contributed by atoms with Crippen LogP contribution in [0.5, 0.6) is 5.75 Å². The largest absolute Gasteiger partial charge is 0.486 e. The van der Waals surface area contributed by atoms with E-state index in [2.05, 4.69) is 10.3 Å². The minimum atomic E-state index is -1.13. The van der Waals surface area contributed by atoms with Gasteiger partial charge < -0.3 is 19.7 Å². The van der Waals surface area contributed by atoms with Gasteiger partial charge in [0, 0.05) is 0 Å². The van der Waals surface area contributed by atoms with Gasteiger partial charge in [0.15, 0.2) is 0 Å². The summed E-state index contributed by atoms with van der Waals surface area (Å²) in [5.74, 6) is 0.00415. The molecule has 0 spiro atoms. The maximum absolute atomic E-state index is 12.6. The number of rotatable bonds is 7. The number of carboxylic acids is 1. The van der Waals surface area contributed by atoms with E-state index in [9.17, 15) is 14.7 Å². The summed E-state index contributed by atoms with van der Waals surface area (Å²) in [6.45, 7) is 0.194. The van der Waals surface area contributed by atoms with Crippen LogP contribution in [0.4, 0.5) is 0 Å². The SMILES string of the molecule is O=C(Cn1c(COc2ccccc2)nc2ccccc21)NC1(C(=O)O)CCC1. The van der Waals surface area contributed by atoms with E-state index in [4.69, 9.17) is 4.74 Å². The number of nitrogens with zero attached hydrogens (tertiary/aromatic N) is 2. The Morgan fingerprint density at radius 1 is 1.11 bits per heavy atom. The maximum Gasteiger partial charge on any atom is 0.329 e. The normalized spacial score (nSPS) is 15.0.